The zero-order chi connectivity index (χ0) is 22.3. The Bertz CT molecular complexity index is 1080. The van der Waals surface area contributed by atoms with Gasteiger partial charge in [0.25, 0.3) is 0 Å². The number of nitrogens with one attached hydrogen (secondary N) is 1. The van der Waals surface area contributed by atoms with Crippen LogP contribution in [0.25, 0.3) is 0 Å². The molecule has 5 rings (SSSR count). The van der Waals surface area contributed by atoms with E-state index in [1.807, 2.05) is 10.9 Å². The first-order valence-electron chi connectivity index (χ1n) is 10.7. The number of hydrogen-bond acceptors (Lipinski definition) is 8. The van der Waals surface area contributed by atoms with E-state index in [1.54, 1.807) is 28.3 Å². The summed E-state index contributed by atoms with van der Waals surface area (Å²) in [5.41, 5.74) is -0.193. The highest BCUT2D eigenvalue weighted by atomic mass is 16.5. The van der Waals surface area contributed by atoms with Gasteiger partial charge in [0.1, 0.15) is 17.8 Å². The van der Waals surface area contributed by atoms with E-state index in [-0.39, 0.29) is 30.4 Å². The Labute approximate surface area is 185 Å². The maximum Gasteiger partial charge on any atom is 0.248 e. The minimum absolute atomic E-state index is 0.0296. The zero-order valence-corrected chi connectivity index (χ0v) is 17.8. The number of anilines is 3. The van der Waals surface area contributed by atoms with Crippen molar-refractivity contribution in [3.05, 3.63) is 24.7 Å². The molecule has 1 N–H and O–H groups in total. The minimum atomic E-state index is -0.902. The fourth-order valence-electron chi connectivity index (χ4n) is 4.44. The van der Waals surface area contributed by atoms with Crippen LogP contribution in [0.4, 0.5) is 17.5 Å². The number of ether oxygens (including phenoxy) is 1. The Morgan fingerprint density at radius 3 is 2.94 bits per heavy atom. The summed E-state index contributed by atoms with van der Waals surface area (Å²) >= 11 is 0. The molecule has 3 aliphatic rings. The van der Waals surface area contributed by atoms with Crippen molar-refractivity contribution in [2.45, 2.75) is 25.3 Å². The van der Waals surface area contributed by atoms with Crippen molar-refractivity contribution in [2.75, 3.05) is 43.6 Å². The Hall–Kier alpha value is -3.52. The number of likely N-dealkylation sites (tertiary alicyclic amines) is 1. The third kappa shape index (κ3) is 3.46. The number of rotatable bonds is 7. The van der Waals surface area contributed by atoms with E-state index in [2.05, 4.69) is 26.5 Å². The molecule has 1 saturated carbocycles. The number of aromatic nitrogens is 4. The Kier molecular flexibility index (Phi) is 5.01. The highest BCUT2D eigenvalue weighted by Gasteiger charge is 2.57. The van der Waals surface area contributed by atoms with Crippen LogP contribution in [0.15, 0.2) is 24.7 Å². The summed E-state index contributed by atoms with van der Waals surface area (Å²) < 4.78 is 6.69. The van der Waals surface area contributed by atoms with Gasteiger partial charge >= 0.3 is 0 Å². The highest BCUT2D eigenvalue weighted by molar-refractivity contribution is 6.01. The summed E-state index contributed by atoms with van der Waals surface area (Å²) in [7, 11) is 1.50. The average molecular weight is 436 g/mol. The van der Waals surface area contributed by atoms with Crippen molar-refractivity contribution >= 4 is 29.3 Å². The van der Waals surface area contributed by atoms with Gasteiger partial charge in [0.2, 0.25) is 17.8 Å². The Morgan fingerprint density at radius 1 is 1.41 bits per heavy atom. The molecule has 0 aromatic carbocycles. The molecule has 4 heterocycles. The van der Waals surface area contributed by atoms with Gasteiger partial charge in [-0.05, 0) is 31.2 Å². The number of carbonyl (C=O) groups excluding carboxylic acids is 2. The van der Waals surface area contributed by atoms with Crippen LogP contribution in [0, 0.1) is 22.7 Å². The molecule has 2 aromatic rings. The van der Waals surface area contributed by atoms with Crippen molar-refractivity contribution < 1.29 is 14.3 Å². The SMILES string of the molecule is COCC(=O)N1CC(n2cc(Nc3nccc(N4CC[C@@](C#N)(C5CC5)C4=O)n3)cn2)C1. The van der Waals surface area contributed by atoms with E-state index < -0.39 is 5.41 Å². The minimum Gasteiger partial charge on any atom is -0.375 e. The van der Waals surface area contributed by atoms with E-state index in [9.17, 15) is 14.9 Å². The summed E-state index contributed by atoms with van der Waals surface area (Å²) in [5, 5.41) is 17.2. The molecule has 2 aromatic heterocycles. The second-order valence-corrected chi connectivity index (χ2v) is 8.52. The van der Waals surface area contributed by atoms with Crippen molar-refractivity contribution in [3.8, 4) is 6.07 Å². The standard InChI is InChI=1S/C21H24N8O3/c1-32-12-18(30)27-10-16(11-27)29-9-15(8-24-29)25-20-23-6-4-17(26-20)28-7-5-21(13-22,19(28)31)14-2-3-14/h4,6,8-9,14,16H,2-3,5,7,10-12H2,1H3,(H,23,25,26)/t21-/m1/s1. The van der Waals surface area contributed by atoms with Crippen molar-refractivity contribution in [1.29, 1.82) is 5.26 Å². The van der Waals surface area contributed by atoms with Crippen molar-refractivity contribution in [3.63, 3.8) is 0 Å². The summed E-state index contributed by atoms with van der Waals surface area (Å²) in [6.07, 6.45) is 7.52. The van der Waals surface area contributed by atoms with Gasteiger partial charge in [-0.3, -0.25) is 19.2 Å². The molecule has 2 aliphatic heterocycles. The Balaban J connectivity index is 1.24. The average Bonchev–Trinajstić information content (AvgIpc) is 3.42. The lowest BCUT2D eigenvalue weighted by Gasteiger charge is -2.39. The summed E-state index contributed by atoms with van der Waals surface area (Å²) in [6, 6.07) is 4.09. The van der Waals surface area contributed by atoms with Crippen LogP contribution in [0.1, 0.15) is 25.3 Å². The quantitative estimate of drug-likeness (QED) is 0.683. The number of methoxy groups -OCH3 is 1. The number of nitrogens with zero attached hydrogens (tertiary/aromatic N) is 7. The van der Waals surface area contributed by atoms with Gasteiger partial charge in [-0.1, -0.05) is 0 Å². The lowest BCUT2D eigenvalue weighted by atomic mass is 9.83. The normalized spacial score (nSPS) is 23.2. The lowest BCUT2D eigenvalue weighted by molar-refractivity contribution is -0.141. The monoisotopic (exact) mass is 436 g/mol. The first-order valence-corrected chi connectivity index (χ1v) is 10.7. The van der Waals surface area contributed by atoms with Crippen LogP contribution in [0.3, 0.4) is 0 Å². The van der Waals surface area contributed by atoms with Crippen molar-refractivity contribution in [2.24, 2.45) is 11.3 Å². The van der Waals surface area contributed by atoms with Crippen LogP contribution in [-0.2, 0) is 14.3 Å². The summed E-state index contributed by atoms with van der Waals surface area (Å²) in [4.78, 5) is 36.9. The summed E-state index contributed by atoms with van der Waals surface area (Å²) in [6.45, 7) is 1.75. The zero-order valence-electron chi connectivity index (χ0n) is 17.8. The van der Waals surface area contributed by atoms with Crippen LogP contribution >= 0.6 is 0 Å². The van der Waals surface area contributed by atoms with Crippen LogP contribution in [-0.4, -0.2) is 69.8 Å². The molecule has 0 radical (unpaired) electrons. The molecule has 166 valence electrons. The van der Waals surface area contributed by atoms with Gasteiger partial charge in [-0.25, -0.2) is 4.98 Å². The van der Waals surface area contributed by atoms with Crippen molar-refractivity contribution in [1.82, 2.24) is 24.6 Å². The smallest absolute Gasteiger partial charge is 0.248 e. The molecular formula is C21H24N8O3. The third-order valence-corrected chi connectivity index (χ3v) is 6.46. The number of hydrogen-bond donors (Lipinski definition) is 1. The van der Waals surface area contributed by atoms with Gasteiger partial charge in [0.15, 0.2) is 0 Å². The van der Waals surface area contributed by atoms with E-state index in [0.717, 1.165) is 12.8 Å². The Morgan fingerprint density at radius 2 is 2.22 bits per heavy atom. The van der Waals surface area contributed by atoms with E-state index in [0.29, 0.717) is 43.5 Å². The molecule has 2 saturated heterocycles. The van der Waals surface area contributed by atoms with E-state index in [1.165, 1.54) is 7.11 Å². The predicted molar refractivity (Wildman–Crippen MR) is 113 cm³/mol. The molecule has 1 atom stereocenters. The van der Waals surface area contributed by atoms with Gasteiger partial charge in [-0.15, -0.1) is 0 Å². The molecule has 0 unspecified atom stereocenters. The molecule has 2 amide bonds. The predicted octanol–water partition coefficient (Wildman–Crippen LogP) is 1.10. The molecule has 3 fully saturated rings. The third-order valence-electron chi connectivity index (χ3n) is 6.46. The largest absolute Gasteiger partial charge is 0.375 e. The fraction of sp³-hybridized carbons (Fsp3) is 0.524. The number of carbonyl (C=O) groups is 2. The first-order chi connectivity index (χ1) is 15.5. The van der Waals surface area contributed by atoms with Gasteiger partial charge < -0.3 is 15.0 Å². The van der Waals surface area contributed by atoms with Crippen LogP contribution in [0.2, 0.25) is 0 Å². The summed E-state index contributed by atoms with van der Waals surface area (Å²) in [5.74, 6) is 0.822. The maximum atomic E-state index is 13.0. The van der Waals surface area contributed by atoms with Gasteiger partial charge in [-0.2, -0.15) is 15.3 Å². The lowest BCUT2D eigenvalue weighted by Crippen LogP contribution is -2.51. The molecule has 11 heteroatoms. The maximum absolute atomic E-state index is 13.0. The van der Waals surface area contributed by atoms with E-state index >= 15 is 0 Å². The molecule has 0 spiro atoms. The second kappa shape index (κ2) is 7.87. The highest BCUT2D eigenvalue weighted by Crippen LogP contribution is 2.51. The topological polar surface area (TPSA) is 129 Å². The first kappa shape index (κ1) is 20.4. The number of amides is 2. The van der Waals surface area contributed by atoms with Crippen LogP contribution in [0.5, 0.6) is 0 Å². The molecule has 1 aliphatic carbocycles. The number of nitriles is 1. The second-order valence-electron chi connectivity index (χ2n) is 8.52. The van der Waals surface area contributed by atoms with Gasteiger partial charge in [0, 0.05) is 39.1 Å². The van der Waals surface area contributed by atoms with Crippen LogP contribution < -0.4 is 10.2 Å². The molecule has 11 nitrogen and oxygen atoms in total. The molecule has 32 heavy (non-hydrogen) atoms. The van der Waals surface area contributed by atoms with E-state index in [4.69, 9.17) is 4.74 Å². The molecular weight excluding hydrogens is 412 g/mol. The van der Waals surface area contributed by atoms with Gasteiger partial charge in [0.05, 0.1) is 24.0 Å². The fourth-order valence-corrected chi connectivity index (χ4v) is 4.44. The molecule has 0 bridgehead atoms.